The maximum atomic E-state index is 13.5. The number of rotatable bonds is 6. The first-order valence-corrected chi connectivity index (χ1v) is 6.93. The molecule has 0 aliphatic rings. The summed E-state index contributed by atoms with van der Waals surface area (Å²) in [5.41, 5.74) is 0.718. The maximum Gasteiger partial charge on any atom is 0.141 e. The van der Waals surface area contributed by atoms with E-state index in [9.17, 15) is 9.50 Å². The Morgan fingerprint density at radius 1 is 1.19 bits per heavy atom. The summed E-state index contributed by atoms with van der Waals surface area (Å²) in [7, 11) is 1.59. The highest BCUT2D eigenvalue weighted by Gasteiger charge is 2.30. The van der Waals surface area contributed by atoms with Crippen LogP contribution < -0.4 is 10.1 Å². The second-order valence-electron chi connectivity index (χ2n) is 4.93. The van der Waals surface area contributed by atoms with Crippen LogP contribution in [0, 0.1) is 5.82 Å². The second kappa shape index (κ2) is 6.59. The highest BCUT2D eigenvalue weighted by Crippen LogP contribution is 2.34. The standard InChI is InChI=1S/C17H20FNO2/c1-3-17(12-20,13-7-6-8-14(18)11-13)19-15-9-4-5-10-16(15)21-2/h4-11,19-20H,3,12H2,1-2H3. The Bertz CT molecular complexity index is 597. The molecule has 1 atom stereocenters. The summed E-state index contributed by atoms with van der Waals surface area (Å²) in [4.78, 5) is 0. The van der Waals surface area contributed by atoms with Gasteiger partial charge in [-0.15, -0.1) is 0 Å². The van der Waals surface area contributed by atoms with Crippen molar-refractivity contribution in [1.82, 2.24) is 0 Å². The van der Waals surface area contributed by atoms with Gasteiger partial charge in [-0.3, -0.25) is 0 Å². The molecule has 0 spiro atoms. The average molecular weight is 289 g/mol. The van der Waals surface area contributed by atoms with Crippen LogP contribution in [0.5, 0.6) is 5.75 Å². The molecule has 112 valence electrons. The number of aliphatic hydroxyl groups excluding tert-OH is 1. The lowest BCUT2D eigenvalue weighted by Gasteiger charge is -2.34. The van der Waals surface area contributed by atoms with E-state index in [1.54, 1.807) is 13.2 Å². The van der Waals surface area contributed by atoms with E-state index < -0.39 is 5.54 Å². The largest absolute Gasteiger partial charge is 0.495 e. The maximum absolute atomic E-state index is 13.5. The van der Waals surface area contributed by atoms with Crippen molar-refractivity contribution in [2.24, 2.45) is 0 Å². The molecule has 2 N–H and O–H groups in total. The summed E-state index contributed by atoms with van der Waals surface area (Å²) in [6.45, 7) is 1.80. The summed E-state index contributed by atoms with van der Waals surface area (Å²) in [5, 5.41) is 13.2. The van der Waals surface area contributed by atoms with Gasteiger partial charge >= 0.3 is 0 Å². The van der Waals surface area contributed by atoms with Crippen LogP contribution in [0.1, 0.15) is 18.9 Å². The van der Waals surface area contributed by atoms with Crippen molar-refractivity contribution in [3.05, 3.63) is 59.9 Å². The minimum Gasteiger partial charge on any atom is -0.495 e. The Labute approximate surface area is 124 Å². The lowest BCUT2D eigenvalue weighted by Crippen LogP contribution is -2.38. The van der Waals surface area contributed by atoms with Gasteiger partial charge < -0.3 is 15.2 Å². The third kappa shape index (κ3) is 3.16. The fourth-order valence-electron chi connectivity index (χ4n) is 2.40. The van der Waals surface area contributed by atoms with Crippen molar-refractivity contribution in [2.75, 3.05) is 19.0 Å². The Kier molecular flexibility index (Phi) is 4.81. The van der Waals surface area contributed by atoms with Crippen molar-refractivity contribution in [3.8, 4) is 5.75 Å². The molecule has 0 heterocycles. The Morgan fingerprint density at radius 2 is 1.95 bits per heavy atom. The molecule has 0 aromatic heterocycles. The zero-order valence-corrected chi connectivity index (χ0v) is 12.3. The minimum atomic E-state index is -0.753. The van der Waals surface area contributed by atoms with Crippen LogP contribution in [0.4, 0.5) is 10.1 Å². The van der Waals surface area contributed by atoms with E-state index in [1.807, 2.05) is 37.3 Å². The number of hydrogen-bond donors (Lipinski definition) is 2. The smallest absolute Gasteiger partial charge is 0.141 e. The predicted molar refractivity (Wildman–Crippen MR) is 82.1 cm³/mol. The zero-order valence-electron chi connectivity index (χ0n) is 12.3. The second-order valence-corrected chi connectivity index (χ2v) is 4.93. The fraction of sp³-hybridized carbons (Fsp3) is 0.294. The molecule has 0 saturated heterocycles. The van der Waals surface area contributed by atoms with E-state index in [0.29, 0.717) is 17.7 Å². The van der Waals surface area contributed by atoms with Crippen molar-refractivity contribution in [1.29, 1.82) is 0 Å². The molecular weight excluding hydrogens is 269 g/mol. The summed E-state index contributed by atoms with van der Waals surface area (Å²) in [6, 6.07) is 13.8. The van der Waals surface area contributed by atoms with Crippen LogP contribution in [0.2, 0.25) is 0 Å². The molecule has 0 bridgehead atoms. The number of ether oxygens (including phenoxy) is 1. The first-order chi connectivity index (χ1) is 10.1. The van der Waals surface area contributed by atoms with Crippen molar-refractivity contribution in [2.45, 2.75) is 18.9 Å². The number of aliphatic hydroxyl groups is 1. The van der Waals surface area contributed by atoms with Crippen LogP contribution in [0.15, 0.2) is 48.5 Å². The van der Waals surface area contributed by atoms with Crippen molar-refractivity contribution in [3.63, 3.8) is 0 Å². The molecule has 0 radical (unpaired) electrons. The summed E-state index contributed by atoms with van der Waals surface area (Å²) >= 11 is 0. The molecule has 0 aliphatic carbocycles. The average Bonchev–Trinajstić information content (AvgIpc) is 2.53. The van der Waals surface area contributed by atoms with E-state index in [-0.39, 0.29) is 12.4 Å². The molecule has 0 aliphatic heterocycles. The fourth-order valence-corrected chi connectivity index (χ4v) is 2.40. The van der Waals surface area contributed by atoms with E-state index in [0.717, 1.165) is 5.69 Å². The van der Waals surface area contributed by atoms with Gasteiger partial charge in [-0.25, -0.2) is 4.39 Å². The Morgan fingerprint density at radius 3 is 2.57 bits per heavy atom. The normalized spacial score (nSPS) is 13.5. The van der Waals surface area contributed by atoms with Gasteiger partial charge in [0.15, 0.2) is 0 Å². The predicted octanol–water partition coefficient (Wildman–Crippen LogP) is 3.54. The lowest BCUT2D eigenvalue weighted by molar-refractivity contribution is 0.207. The number of hydrogen-bond acceptors (Lipinski definition) is 3. The van der Waals surface area contributed by atoms with Gasteiger partial charge in [0.25, 0.3) is 0 Å². The number of benzene rings is 2. The molecule has 2 aromatic carbocycles. The van der Waals surface area contributed by atoms with E-state index in [2.05, 4.69) is 5.32 Å². The monoisotopic (exact) mass is 289 g/mol. The number of nitrogens with one attached hydrogen (secondary N) is 1. The SMILES string of the molecule is CCC(CO)(Nc1ccccc1OC)c1cccc(F)c1. The number of methoxy groups -OCH3 is 1. The lowest BCUT2D eigenvalue weighted by atomic mass is 9.87. The Balaban J connectivity index is 2.43. The first kappa shape index (κ1) is 15.3. The Hall–Kier alpha value is -2.07. The highest BCUT2D eigenvalue weighted by molar-refractivity contribution is 5.58. The van der Waals surface area contributed by atoms with Gasteiger partial charge in [-0.05, 0) is 36.2 Å². The minimum absolute atomic E-state index is 0.148. The molecule has 0 amide bonds. The molecule has 0 fully saturated rings. The third-order valence-electron chi connectivity index (χ3n) is 3.73. The topological polar surface area (TPSA) is 41.5 Å². The van der Waals surface area contributed by atoms with Gasteiger partial charge in [0.05, 0.1) is 24.9 Å². The van der Waals surface area contributed by atoms with E-state index >= 15 is 0 Å². The zero-order chi connectivity index (χ0) is 15.3. The van der Waals surface area contributed by atoms with Crippen LogP contribution in [0.25, 0.3) is 0 Å². The van der Waals surface area contributed by atoms with E-state index in [1.165, 1.54) is 12.1 Å². The summed E-state index contributed by atoms with van der Waals surface area (Å²) in [6.07, 6.45) is 0.602. The summed E-state index contributed by atoms with van der Waals surface area (Å²) in [5.74, 6) is 0.362. The van der Waals surface area contributed by atoms with Crippen LogP contribution in [-0.4, -0.2) is 18.8 Å². The van der Waals surface area contributed by atoms with Gasteiger partial charge in [0.2, 0.25) is 0 Å². The molecule has 4 heteroatoms. The van der Waals surface area contributed by atoms with Crippen molar-refractivity contribution >= 4 is 5.69 Å². The van der Waals surface area contributed by atoms with Gasteiger partial charge in [-0.2, -0.15) is 0 Å². The molecule has 0 saturated carbocycles. The number of para-hydroxylation sites is 2. The van der Waals surface area contributed by atoms with Gasteiger partial charge in [0.1, 0.15) is 11.6 Å². The third-order valence-corrected chi connectivity index (χ3v) is 3.73. The number of anilines is 1. The molecule has 1 unspecified atom stereocenters. The molecular formula is C17H20FNO2. The summed E-state index contributed by atoms with van der Waals surface area (Å²) < 4.78 is 18.8. The van der Waals surface area contributed by atoms with Crippen molar-refractivity contribution < 1.29 is 14.2 Å². The van der Waals surface area contributed by atoms with Gasteiger partial charge in [-0.1, -0.05) is 31.2 Å². The molecule has 3 nitrogen and oxygen atoms in total. The highest BCUT2D eigenvalue weighted by atomic mass is 19.1. The van der Waals surface area contributed by atoms with Crippen LogP contribution in [-0.2, 0) is 5.54 Å². The molecule has 21 heavy (non-hydrogen) atoms. The van der Waals surface area contributed by atoms with E-state index in [4.69, 9.17) is 4.74 Å². The number of halogens is 1. The molecule has 2 aromatic rings. The van der Waals surface area contributed by atoms with Gasteiger partial charge in [0, 0.05) is 0 Å². The van der Waals surface area contributed by atoms with Crippen LogP contribution >= 0.6 is 0 Å². The van der Waals surface area contributed by atoms with Crippen LogP contribution in [0.3, 0.4) is 0 Å². The first-order valence-electron chi connectivity index (χ1n) is 6.93. The quantitative estimate of drug-likeness (QED) is 0.854. The molecule has 2 rings (SSSR count).